The third-order valence-corrected chi connectivity index (χ3v) is 2.90. The highest BCUT2D eigenvalue weighted by Crippen LogP contribution is 2.19. The van der Waals surface area contributed by atoms with Crippen LogP contribution in [0.3, 0.4) is 0 Å². The Kier molecular flexibility index (Phi) is 5.00. The van der Waals surface area contributed by atoms with Gasteiger partial charge < -0.3 is 11.1 Å². The van der Waals surface area contributed by atoms with Gasteiger partial charge >= 0.3 is 5.91 Å². The van der Waals surface area contributed by atoms with Crippen molar-refractivity contribution in [1.82, 2.24) is 5.32 Å². The normalized spacial score (nSPS) is 12.0. The van der Waals surface area contributed by atoms with Crippen LogP contribution in [0.4, 0.5) is 5.69 Å². The van der Waals surface area contributed by atoms with Gasteiger partial charge in [0, 0.05) is 10.7 Å². The van der Waals surface area contributed by atoms with Crippen molar-refractivity contribution in [1.29, 1.82) is 0 Å². The number of anilines is 1. The van der Waals surface area contributed by atoms with Crippen molar-refractivity contribution in [2.75, 3.05) is 5.73 Å². The van der Waals surface area contributed by atoms with Gasteiger partial charge in [0.25, 0.3) is 5.91 Å². The Morgan fingerprint density at radius 2 is 2.00 bits per heavy atom. The van der Waals surface area contributed by atoms with E-state index in [-0.39, 0.29) is 16.5 Å². The largest absolute Gasteiger partial charge is 0.398 e. The monoisotopic (exact) mass is 283 g/mol. The number of nitrogens with zero attached hydrogens (tertiary/aromatic N) is 1. The quantitative estimate of drug-likeness (QED) is 0.651. The number of rotatable bonds is 4. The van der Waals surface area contributed by atoms with Crippen LogP contribution in [0.2, 0.25) is 5.02 Å². The molecule has 0 aliphatic heterocycles. The highest BCUT2D eigenvalue weighted by molar-refractivity contribution is 6.33. The molecule has 1 aromatic rings. The van der Waals surface area contributed by atoms with Crippen LogP contribution in [-0.2, 0) is 4.79 Å². The van der Waals surface area contributed by atoms with Gasteiger partial charge in [-0.25, -0.2) is 0 Å². The molecule has 3 N–H and O–H groups in total. The van der Waals surface area contributed by atoms with Crippen molar-refractivity contribution in [3.8, 4) is 0 Å². The van der Waals surface area contributed by atoms with Gasteiger partial charge in [-0.15, -0.1) is 4.91 Å². The van der Waals surface area contributed by atoms with Crippen molar-refractivity contribution in [3.05, 3.63) is 33.7 Å². The van der Waals surface area contributed by atoms with Gasteiger partial charge in [-0.1, -0.05) is 25.4 Å². The van der Waals surface area contributed by atoms with Gasteiger partial charge in [0.1, 0.15) is 6.04 Å². The van der Waals surface area contributed by atoms with Gasteiger partial charge in [-0.05, 0) is 24.1 Å². The van der Waals surface area contributed by atoms with Crippen molar-refractivity contribution in [2.24, 2.45) is 11.1 Å². The molecule has 0 fully saturated rings. The zero-order chi connectivity index (χ0) is 14.6. The second kappa shape index (κ2) is 6.29. The fourth-order valence-corrected chi connectivity index (χ4v) is 1.64. The van der Waals surface area contributed by atoms with E-state index in [4.69, 9.17) is 17.3 Å². The first-order chi connectivity index (χ1) is 8.86. The van der Waals surface area contributed by atoms with Crippen LogP contribution >= 0.6 is 11.6 Å². The fourth-order valence-electron chi connectivity index (χ4n) is 1.46. The molecule has 1 aromatic carbocycles. The van der Waals surface area contributed by atoms with E-state index in [0.29, 0.717) is 5.69 Å². The molecule has 0 heterocycles. The van der Waals surface area contributed by atoms with Gasteiger partial charge in [0.2, 0.25) is 0 Å². The second-order valence-electron chi connectivity index (χ2n) is 4.36. The summed E-state index contributed by atoms with van der Waals surface area (Å²) in [7, 11) is 0. The van der Waals surface area contributed by atoms with Crippen LogP contribution in [0.15, 0.2) is 23.4 Å². The molecule has 6 nitrogen and oxygen atoms in total. The predicted octanol–water partition coefficient (Wildman–Crippen LogP) is 1.97. The highest BCUT2D eigenvalue weighted by atomic mass is 35.5. The lowest BCUT2D eigenvalue weighted by atomic mass is 10.0. The third kappa shape index (κ3) is 3.75. The lowest BCUT2D eigenvalue weighted by Crippen LogP contribution is -2.43. The number of halogens is 1. The maximum atomic E-state index is 11.9. The molecule has 19 heavy (non-hydrogen) atoms. The minimum atomic E-state index is -0.957. The van der Waals surface area contributed by atoms with E-state index in [1.165, 1.54) is 18.2 Å². The van der Waals surface area contributed by atoms with Crippen molar-refractivity contribution in [2.45, 2.75) is 19.9 Å². The summed E-state index contributed by atoms with van der Waals surface area (Å²) in [4.78, 5) is 33.5. The summed E-state index contributed by atoms with van der Waals surface area (Å²) in [6.45, 7) is 3.40. The Morgan fingerprint density at radius 3 is 2.47 bits per heavy atom. The molecule has 0 bridgehead atoms. The molecule has 0 saturated carbocycles. The molecule has 0 aliphatic carbocycles. The average molecular weight is 284 g/mol. The SMILES string of the molecule is CC(C)[C@H](NC(=O)c1ccc(N)c(Cl)c1)C(=O)N=O. The van der Waals surface area contributed by atoms with Gasteiger partial charge in [-0.2, -0.15) is 0 Å². The van der Waals surface area contributed by atoms with E-state index in [2.05, 4.69) is 10.5 Å². The topological polar surface area (TPSA) is 102 Å². The summed E-state index contributed by atoms with van der Waals surface area (Å²) in [5.41, 5.74) is 6.14. The second-order valence-corrected chi connectivity index (χ2v) is 4.77. The van der Waals surface area contributed by atoms with E-state index in [1.807, 2.05) is 0 Å². The van der Waals surface area contributed by atoms with E-state index in [0.717, 1.165) is 0 Å². The van der Waals surface area contributed by atoms with Gasteiger partial charge in [0.05, 0.1) is 10.7 Å². The number of benzene rings is 1. The maximum absolute atomic E-state index is 11.9. The lowest BCUT2D eigenvalue weighted by Gasteiger charge is -2.17. The van der Waals surface area contributed by atoms with Gasteiger partial charge in [-0.3, -0.25) is 9.59 Å². The molecule has 0 aliphatic rings. The Labute approximate surface area is 115 Å². The average Bonchev–Trinajstić information content (AvgIpc) is 2.37. The Morgan fingerprint density at radius 1 is 1.37 bits per heavy atom. The Bertz CT molecular complexity index is 517. The number of nitrogens with two attached hydrogens (primary N) is 1. The number of nitrogens with one attached hydrogen (secondary N) is 1. The maximum Gasteiger partial charge on any atom is 0.308 e. The molecule has 0 aromatic heterocycles. The van der Waals surface area contributed by atoms with E-state index >= 15 is 0 Å². The first kappa shape index (κ1) is 15.1. The molecule has 0 radical (unpaired) electrons. The summed E-state index contributed by atoms with van der Waals surface area (Å²) in [6, 6.07) is 3.40. The number of hydrogen-bond acceptors (Lipinski definition) is 4. The highest BCUT2D eigenvalue weighted by Gasteiger charge is 2.25. The van der Waals surface area contributed by atoms with Crippen LogP contribution in [-0.4, -0.2) is 17.9 Å². The zero-order valence-corrected chi connectivity index (χ0v) is 11.3. The van der Waals surface area contributed by atoms with Crippen LogP contribution < -0.4 is 11.1 Å². The van der Waals surface area contributed by atoms with Crippen molar-refractivity contribution < 1.29 is 9.59 Å². The van der Waals surface area contributed by atoms with E-state index in [9.17, 15) is 14.5 Å². The number of hydrogen-bond donors (Lipinski definition) is 2. The van der Waals surface area contributed by atoms with Crippen molar-refractivity contribution in [3.63, 3.8) is 0 Å². The zero-order valence-electron chi connectivity index (χ0n) is 10.5. The molecule has 2 amide bonds. The summed E-state index contributed by atoms with van der Waals surface area (Å²) in [6.07, 6.45) is 0. The first-order valence-corrected chi connectivity index (χ1v) is 5.97. The Balaban J connectivity index is 2.90. The number of amides is 2. The van der Waals surface area contributed by atoms with Crippen LogP contribution in [0.25, 0.3) is 0 Å². The predicted molar refractivity (Wildman–Crippen MR) is 72.8 cm³/mol. The van der Waals surface area contributed by atoms with Crippen LogP contribution in [0.5, 0.6) is 0 Å². The van der Waals surface area contributed by atoms with E-state index in [1.54, 1.807) is 13.8 Å². The molecule has 7 heteroatoms. The molecule has 0 saturated heterocycles. The summed E-state index contributed by atoms with van der Waals surface area (Å²) >= 11 is 5.81. The fraction of sp³-hybridized carbons (Fsp3) is 0.333. The molecular formula is C12H14ClN3O3. The first-order valence-electron chi connectivity index (χ1n) is 5.60. The molecule has 0 spiro atoms. The minimum Gasteiger partial charge on any atom is -0.398 e. The molecule has 102 valence electrons. The van der Waals surface area contributed by atoms with Crippen LogP contribution in [0, 0.1) is 10.8 Å². The molecule has 1 rings (SSSR count). The third-order valence-electron chi connectivity index (χ3n) is 2.57. The summed E-state index contributed by atoms with van der Waals surface area (Å²) in [5.74, 6) is -1.68. The van der Waals surface area contributed by atoms with E-state index < -0.39 is 17.9 Å². The smallest absolute Gasteiger partial charge is 0.308 e. The standard InChI is InChI=1S/C12H14ClN3O3/c1-6(2)10(12(18)16-19)15-11(17)7-3-4-9(14)8(13)5-7/h3-6,10H,14H2,1-2H3,(H,15,17)/t10-/m0/s1. The number of carbonyl (C=O) groups excluding carboxylic acids is 2. The summed E-state index contributed by atoms with van der Waals surface area (Å²) in [5, 5.41) is 5.03. The molecule has 1 atom stereocenters. The number of nitroso groups, excluding NO2 is 1. The Hall–Kier alpha value is -1.95. The lowest BCUT2D eigenvalue weighted by molar-refractivity contribution is -0.120. The number of nitrogen functional groups attached to an aromatic ring is 1. The molecular weight excluding hydrogens is 270 g/mol. The van der Waals surface area contributed by atoms with Gasteiger partial charge in [0.15, 0.2) is 0 Å². The minimum absolute atomic E-state index is 0.244. The molecule has 0 unspecified atom stereocenters. The van der Waals surface area contributed by atoms with Crippen LogP contribution in [0.1, 0.15) is 24.2 Å². The summed E-state index contributed by atoms with van der Waals surface area (Å²) < 4.78 is 0. The number of carbonyl (C=O) groups is 2. The van der Waals surface area contributed by atoms with Crippen molar-refractivity contribution >= 4 is 29.1 Å².